The number of hydrogen-bond donors (Lipinski definition) is 4. The molecule has 0 unspecified atom stereocenters. The second-order valence-corrected chi connectivity index (χ2v) is 11.1. The molecule has 0 aromatic heterocycles. The molecular formula is C27H40N4O5. The number of benzene rings is 1. The van der Waals surface area contributed by atoms with Gasteiger partial charge in [0.15, 0.2) is 0 Å². The van der Waals surface area contributed by atoms with Gasteiger partial charge in [0.25, 0.3) is 0 Å². The zero-order chi connectivity index (χ0) is 26.1. The van der Waals surface area contributed by atoms with Gasteiger partial charge in [0, 0.05) is 25.0 Å². The molecule has 1 saturated heterocycles. The second-order valence-electron chi connectivity index (χ2n) is 11.1. The number of carbonyl (C=O) groups excluding carboxylic acids is 4. The van der Waals surface area contributed by atoms with Gasteiger partial charge in [-0.05, 0) is 36.2 Å². The maximum absolute atomic E-state index is 13.3. The summed E-state index contributed by atoms with van der Waals surface area (Å²) in [5.74, 6) is 0.0824. The lowest BCUT2D eigenvalue weighted by molar-refractivity contribution is -0.126. The Morgan fingerprint density at radius 1 is 1.11 bits per heavy atom. The van der Waals surface area contributed by atoms with Gasteiger partial charge in [-0.25, -0.2) is 4.79 Å². The van der Waals surface area contributed by atoms with Gasteiger partial charge < -0.3 is 30.8 Å². The first-order valence-corrected chi connectivity index (χ1v) is 12.9. The highest BCUT2D eigenvalue weighted by Gasteiger charge is 2.36. The van der Waals surface area contributed by atoms with Crippen molar-refractivity contribution in [3.8, 4) is 0 Å². The van der Waals surface area contributed by atoms with E-state index in [1.165, 1.54) is 0 Å². The van der Waals surface area contributed by atoms with E-state index in [0.717, 1.165) is 37.5 Å². The van der Waals surface area contributed by atoms with Crippen molar-refractivity contribution in [2.75, 3.05) is 13.1 Å². The smallest absolute Gasteiger partial charge is 0.408 e. The summed E-state index contributed by atoms with van der Waals surface area (Å²) >= 11 is 0. The van der Waals surface area contributed by atoms with Crippen LogP contribution in [0, 0.1) is 17.3 Å². The maximum atomic E-state index is 13.3. The van der Waals surface area contributed by atoms with Crippen LogP contribution in [0.15, 0.2) is 30.3 Å². The van der Waals surface area contributed by atoms with Crippen molar-refractivity contribution in [2.45, 2.75) is 77.6 Å². The highest BCUT2D eigenvalue weighted by atomic mass is 16.5. The van der Waals surface area contributed by atoms with E-state index in [1.807, 2.05) is 51.1 Å². The fourth-order valence-electron chi connectivity index (χ4n) is 4.45. The van der Waals surface area contributed by atoms with E-state index < -0.39 is 23.6 Å². The summed E-state index contributed by atoms with van der Waals surface area (Å²) in [5.41, 5.74) is 0.314. The van der Waals surface area contributed by atoms with Crippen molar-refractivity contribution in [3.05, 3.63) is 35.9 Å². The fraction of sp³-hybridized carbons (Fsp3) is 0.630. The second kappa shape index (κ2) is 12.9. The van der Waals surface area contributed by atoms with Gasteiger partial charge in [0.05, 0.1) is 6.04 Å². The molecule has 198 valence electrons. The van der Waals surface area contributed by atoms with Gasteiger partial charge in [0.1, 0.15) is 18.9 Å². The Balaban J connectivity index is 1.56. The van der Waals surface area contributed by atoms with E-state index in [4.69, 9.17) is 4.74 Å². The van der Waals surface area contributed by atoms with Crippen LogP contribution in [-0.4, -0.2) is 55.4 Å². The standard InChI is InChI=1S/C27H40N4O5/c1-27(2,3)23(31-26(35)36-17-19-7-5-4-6-8-19)25(34)30-21(13-18-9-10-18)15-29-22(16-32)14-20-11-12-28-24(20)33/h4-8,16,18,20-23,29H,9-15,17H2,1-3H3,(H,28,33)(H,30,34)(H,31,35)/t20-,21-,22-,23+/m0/s1. The third-order valence-corrected chi connectivity index (χ3v) is 6.76. The average molecular weight is 501 g/mol. The van der Waals surface area contributed by atoms with Gasteiger partial charge in [-0.1, -0.05) is 63.9 Å². The number of ether oxygens (including phenoxy) is 1. The van der Waals surface area contributed by atoms with Crippen LogP contribution in [0.1, 0.15) is 58.4 Å². The third-order valence-electron chi connectivity index (χ3n) is 6.76. The quantitative estimate of drug-likeness (QED) is 0.308. The maximum Gasteiger partial charge on any atom is 0.408 e. The Morgan fingerprint density at radius 2 is 1.83 bits per heavy atom. The van der Waals surface area contributed by atoms with Gasteiger partial charge in [-0.15, -0.1) is 0 Å². The van der Waals surface area contributed by atoms with E-state index in [9.17, 15) is 19.2 Å². The molecule has 2 aliphatic rings. The molecule has 1 saturated carbocycles. The first-order chi connectivity index (χ1) is 17.2. The molecule has 1 aromatic rings. The Labute approximate surface area is 213 Å². The molecule has 9 heteroatoms. The van der Waals surface area contributed by atoms with Crippen LogP contribution in [0.4, 0.5) is 4.79 Å². The summed E-state index contributed by atoms with van der Waals surface area (Å²) in [6, 6.07) is 7.90. The number of hydrogen-bond acceptors (Lipinski definition) is 6. The van der Waals surface area contributed by atoms with Crippen molar-refractivity contribution in [1.29, 1.82) is 0 Å². The number of alkyl carbamates (subject to hydrolysis) is 1. The normalized spacial score (nSPS) is 20.1. The molecule has 1 aromatic carbocycles. The molecule has 0 spiro atoms. The first-order valence-electron chi connectivity index (χ1n) is 12.9. The topological polar surface area (TPSA) is 126 Å². The van der Waals surface area contributed by atoms with Crippen LogP contribution in [0.5, 0.6) is 0 Å². The minimum Gasteiger partial charge on any atom is -0.445 e. The molecule has 0 radical (unpaired) electrons. The van der Waals surface area contributed by atoms with Crippen LogP contribution >= 0.6 is 0 Å². The van der Waals surface area contributed by atoms with E-state index >= 15 is 0 Å². The molecule has 4 N–H and O–H groups in total. The molecule has 4 atom stereocenters. The van der Waals surface area contributed by atoms with Crippen molar-refractivity contribution >= 4 is 24.2 Å². The molecule has 9 nitrogen and oxygen atoms in total. The van der Waals surface area contributed by atoms with Gasteiger partial charge in [0.2, 0.25) is 11.8 Å². The summed E-state index contributed by atoms with van der Waals surface area (Å²) in [6.45, 7) is 6.83. The zero-order valence-electron chi connectivity index (χ0n) is 21.5. The lowest BCUT2D eigenvalue weighted by Crippen LogP contribution is -2.57. The van der Waals surface area contributed by atoms with Crippen molar-refractivity contribution < 1.29 is 23.9 Å². The van der Waals surface area contributed by atoms with Gasteiger partial charge in [-0.2, -0.15) is 0 Å². The number of nitrogens with one attached hydrogen (secondary N) is 4. The third kappa shape index (κ3) is 8.93. The van der Waals surface area contributed by atoms with E-state index in [0.29, 0.717) is 25.4 Å². The summed E-state index contributed by atoms with van der Waals surface area (Å²) in [4.78, 5) is 49.4. The minimum absolute atomic E-state index is 0.00951. The molecule has 3 amide bonds. The monoisotopic (exact) mass is 500 g/mol. The fourth-order valence-corrected chi connectivity index (χ4v) is 4.45. The Hall–Kier alpha value is -2.94. The van der Waals surface area contributed by atoms with E-state index in [2.05, 4.69) is 21.3 Å². The Kier molecular flexibility index (Phi) is 9.87. The van der Waals surface area contributed by atoms with Gasteiger partial charge >= 0.3 is 6.09 Å². The first kappa shape index (κ1) is 27.6. The van der Waals surface area contributed by atoms with Crippen LogP contribution in [0.3, 0.4) is 0 Å². The molecule has 1 aliphatic carbocycles. The van der Waals surface area contributed by atoms with Crippen molar-refractivity contribution in [2.24, 2.45) is 17.3 Å². The number of carbonyl (C=O) groups is 4. The van der Waals surface area contributed by atoms with E-state index in [-0.39, 0.29) is 30.4 Å². The highest BCUT2D eigenvalue weighted by Crippen LogP contribution is 2.33. The lowest BCUT2D eigenvalue weighted by atomic mass is 9.86. The molecular weight excluding hydrogens is 460 g/mol. The van der Waals surface area contributed by atoms with E-state index in [1.54, 1.807) is 0 Å². The lowest BCUT2D eigenvalue weighted by Gasteiger charge is -2.32. The molecule has 3 rings (SSSR count). The predicted molar refractivity (Wildman–Crippen MR) is 136 cm³/mol. The molecule has 1 aliphatic heterocycles. The predicted octanol–water partition coefficient (Wildman–Crippen LogP) is 2.30. The summed E-state index contributed by atoms with van der Waals surface area (Å²) in [7, 11) is 0. The summed E-state index contributed by atoms with van der Waals surface area (Å²) in [6.07, 6.45) is 4.40. The van der Waals surface area contributed by atoms with Crippen molar-refractivity contribution in [1.82, 2.24) is 21.3 Å². The Morgan fingerprint density at radius 3 is 2.42 bits per heavy atom. The minimum atomic E-state index is -0.800. The number of amides is 3. The van der Waals surface area contributed by atoms with Crippen LogP contribution < -0.4 is 21.3 Å². The SMILES string of the molecule is CC(C)(C)[C@H](NC(=O)OCc1ccccc1)C(=O)N[C@H](CN[C@H](C=O)C[C@@H]1CCNC1=O)CC1CC1. The molecule has 2 fully saturated rings. The van der Waals surface area contributed by atoms with Crippen molar-refractivity contribution in [3.63, 3.8) is 0 Å². The van der Waals surface area contributed by atoms with Crippen LogP contribution in [0.2, 0.25) is 0 Å². The number of aldehydes is 1. The molecule has 1 heterocycles. The zero-order valence-corrected chi connectivity index (χ0v) is 21.5. The molecule has 0 bridgehead atoms. The largest absolute Gasteiger partial charge is 0.445 e. The van der Waals surface area contributed by atoms with Gasteiger partial charge in [-0.3, -0.25) is 9.59 Å². The number of rotatable bonds is 13. The molecule has 36 heavy (non-hydrogen) atoms. The highest BCUT2D eigenvalue weighted by molar-refractivity contribution is 5.86. The van der Waals surface area contributed by atoms with Crippen LogP contribution in [0.25, 0.3) is 0 Å². The summed E-state index contributed by atoms with van der Waals surface area (Å²) in [5, 5.41) is 11.9. The average Bonchev–Trinajstić information content (AvgIpc) is 3.57. The Bertz CT molecular complexity index is 897. The summed E-state index contributed by atoms with van der Waals surface area (Å²) < 4.78 is 5.34. The van der Waals surface area contributed by atoms with Crippen LogP contribution in [-0.2, 0) is 25.7 Å².